The molecule has 2 aliphatic carbocycles. The Hall–Kier alpha value is -0.770. The molecule has 4 nitrogen and oxygen atoms in total. The van der Waals surface area contributed by atoms with Gasteiger partial charge in [-0.25, -0.2) is 5.84 Å². The molecule has 0 heterocycles. The van der Waals surface area contributed by atoms with Crippen molar-refractivity contribution in [1.82, 2.24) is 10.7 Å². The molecule has 0 aromatic heterocycles. The molecule has 18 heavy (non-hydrogen) atoms. The predicted octanol–water partition coefficient (Wildman–Crippen LogP) is 2.31. The second-order valence-electron chi connectivity index (χ2n) is 6.31. The number of guanidine groups is 1. The molecule has 4 heteroatoms. The Bertz CT molecular complexity index is 276. The standard InChI is InChI=1S/C14H28N4/c1-14(9-5-6-10-14)11-16-13(18-15)17-12-7-3-2-4-8-12/h12H,2-11,15H2,1H3,(H2,16,17,18). The molecule has 2 fully saturated rings. The van der Waals surface area contributed by atoms with Gasteiger partial charge in [0.2, 0.25) is 5.96 Å². The number of aliphatic imine (C=N–C) groups is 1. The number of rotatable bonds is 3. The average Bonchev–Trinajstić information content (AvgIpc) is 2.83. The lowest BCUT2D eigenvalue weighted by Crippen LogP contribution is -2.47. The van der Waals surface area contributed by atoms with Crippen molar-refractivity contribution in [3.05, 3.63) is 0 Å². The number of hydrogen-bond acceptors (Lipinski definition) is 2. The Morgan fingerprint density at radius 3 is 2.44 bits per heavy atom. The van der Waals surface area contributed by atoms with E-state index >= 15 is 0 Å². The highest BCUT2D eigenvalue weighted by atomic mass is 15.3. The summed E-state index contributed by atoms with van der Waals surface area (Å²) >= 11 is 0. The normalized spacial score (nSPS) is 25.1. The summed E-state index contributed by atoms with van der Waals surface area (Å²) in [5.74, 6) is 6.36. The molecule has 0 bridgehead atoms. The minimum atomic E-state index is 0.399. The van der Waals surface area contributed by atoms with Crippen molar-refractivity contribution >= 4 is 5.96 Å². The quantitative estimate of drug-likeness (QED) is 0.312. The van der Waals surface area contributed by atoms with Gasteiger partial charge >= 0.3 is 0 Å². The highest BCUT2D eigenvalue weighted by Gasteiger charge is 2.28. The zero-order valence-corrected chi connectivity index (χ0v) is 11.7. The maximum absolute atomic E-state index is 5.57. The van der Waals surface area contributed by atoms with Crippen LogP contribution >= 0.6 is 0 Å². The Labute approximate surface area is 111 Å². The summed E-state index contributed by atoms with van der Waals surface area (Å²) < 4.78 is 0. The Morgan fingerprint density at radius 1 is 1.17 bits per heavy atom. The Balaban J connectivity index is 1.82. The minimum absolute atomic E-state index is 0.399. The van der Waals surface area contributed by atoms with Crippen LogP contribution in [-0.2, 0) is 0 Å². The van der Waals surface area contributed by atoms with Gasteiger partial charge in [0.1, 0.15) is 0 Å². The Morgan fingerprint density at radius 2 is 1.83 bits per heavy atom. The van der Waals surface area contributed by atoms with Crippen molar-refractivity contribution in [1.29, 1.82) is 0 Å². The third kappa shape index (κ3) is 3.87. The summed E-state index contributed by atoms with van der Waals surface area (Å²) in [6, 6.07) is 0.560. The van der Waals surface area contributed by atoms with Crippen molar-refractivity contribution in [2.75, 3.05) is 6.54 Å². The molecule has 104 valence electrons. The molecule has 0 aliphatic heterocycles. The van der Waals surface area contributed by atoms with Crippen LogP contribution in [0.25, 0.3) is 0 Å². The van der Waals surface area contributed by atoms with Crippen LogP contribution in [-0.4, -0.2) is 18.5 Å². The smallest absolute Gasteiger partial charge is 0.205 e. The van der Waals surface area contributed by atoms with Gasteiger partial charge < -0.3 is 5.32 Å². The number of hydrazine groups is 1. The third-order valence-corrected chi connectivity index (χ3v) is 4.51. The van der Waals surface area contributed by atoms with Crippen LogP contribution in [0, 0.1) is 5.41 Å². The summed E-state index contributed by atoms with van der Waals surface area (Å²) in [4.78, 5) is 4.66. The van der Waals surface area contributed by atoms with E-state index < -0.39 is 0 Å². The second kappa shape index (κ2) is 6.41. The number of hydrogen-bond donors (Lipinski definition) is 3. The highest BCUT2D eigenvalue weighted by molar-refractivity contribution is 5.79. The first kappa shape index (κ1) is 13.7. The summed E-state index contributed by atoms with van der Waals surface area (Å²) in [6.45, 7) is 3.24. The van der Waals surface area contributed by atoms with E-state index in [2.05, 4.69) is 22.7 Å². The van der Waals surface area contributed by atoms with Crippen molar-refractivity contribution in [2.24, 2.45) is 16.3 Å². The molecule has 2 rings (SSSR count). The lowest BCUT2D eigenvalue weighted by molar-refractivity contribution is 0.349. The van der Waals surface area contributed by atoms with Crippen LogP contribution in [0.15, 0.2) is 4.99 Å². The SMILES string of the molecule is CC1(CN=C(NN)NC2CCCCC2)CCCC1. The van der Waals surface area contributed by atoms with E-state index in [1.54, 1.807) is 0 Å². The van der Waals surface area contributed by atoms with Gasteiger partial charge in [-0.05, 0) is 31.1 Å². The molecule has 0 saturated heterocycles. The summed E-state index contributed by atoms with van der Waals surface area (Å²) in [6.07, 6.45) is 11.8. The van der Waals surface area contributed by atoms with E-state index in [0.717, 1.165) is 12.5 Å². The molecule has 0 amide bonds. The van der Waals surface area contributed by atoms with E-state index in [-0.39, 0.29) is 0 Å². The molecule has 0 aromatic rings. The Kier molecular flexibility index (Phi) is 4.87. The van der Waals surface area contributed by atoms with Gasteiger partial charge in [0.25, 0.3) is 0 Å². The van der Waals surface area contributed by atoms with Crippen LogP contribution in [0.3, 0.4) is 0 Å². The van der Waals surface area contributed by atoms with Crippen molar-refractivity contribution in [3.8, 4) is 0 Å². The van der Waals surface area contributed by atoms with Gasteiger partial charge in [-0.1, -0.05) is 39.0 Å². The topological polar surface area (TPSA) is 62.4 Å². The first-order valence-electron chi connectivity index (χ1n) is 7.49. The second-order valence-corrected chi connectivity index (χ2v) is 6.31. The number of nitrogens with zero attached hydrogens (tertiary/aromatic N) is 1. The molecule has 0 radical (unpaired) electrons. The maximum Gasteiger partial charge on any atom is 0.205 e. The first-order chi connectivity index (χ1) is 8.72. The maximum atomic E-state index is 5.57. The van der Waals surface area contributed by atoms with Crippen molar-refractivity contribution < 1.29 is 0 Å². The van der Waals surface area contributed by atoms with E-state index in [4.69, 9.17) is 5.84 Å². The molecule has 4 N–H and O–H groups in total. The monoisotopic (exact) mass is 252 g/mol. The summed E-state index contributed by atoms with van der Waals surface area (Å²) in [5, 5.41) is 3.46. The van der Waals surface area contributed by atoms with Crippen molar-refractivity contribution in [3.63, 3.8) is 0 Å². The van der Waals surface area contributed by atoms with Crippen LogP contribution in [0.5, 0.6) is 0 Å². The first-order valence-corrected chi connectivity index (χ1v) is 7.49. The molecule has 2 saturated carbocycles. The largest absolute Gasteiger partial charge is 0.353 e. The molecular weight excluding hydrogens is 224 g/mol. The number of nitrogens with two attached hydrogens (primary N) is 1. The van der Waals surface area contributed by atoms with Gasteiger partial charge in [0.15, 0.2) is 0 Å². The zero-order chi connectivity index (χ0) is 12.8. The van der Waals surface area contributed by atoms with Crippen LogP contribution in [0.1, 0.15) is 64.7 Å². The molecule has 2 aliphatic rings. The number of nitrogens with one attached hydrogen (secondary N) is 2. The third-order valence-electron chi connectivity index (χ3n) is 4.51. The molecular formula is C14H28N4. The van der Waals surface area contributed by atoms with Crippen LogP contribution in [0.4, 0.5) is 0 Å². The van der Waals surface area contributed by atoms with E-state index in [1.807, 2.05) is 0 Å². The van der Waals surface area contributed by atoms with E-state index in [9.17, 15) is 0 Å². The lowest BCUT2D eigenvalue weighted by Gasteiger charge is -2.25. The van der Waals surface area contributed by atoms with Gasteiger partial charge in [0.05, 0.1) is 0 Å². The fourth-order valence-corrected chi connectivity index (χ4v) is 3.23. The minimum Gasteiger partial charge on any atom is -0.353 e. The lowest BCUT2D eigenvalue weighted by atomic mass is 9.89. The van der Waals surface area contributed by atoms with E-state index in [0.29, 0.717) is 11.5 Å². The molecule has 0 spiro atoms. The fraction of sp³-hybridized carbons (Fsp3) is 0.929. The summed E-state index contributed by atoms with van der Waals surface area (Å²) in [7, 11) is 0. The highest BCUT2D eigenvalue weighted by Crippen LogP contribution is 2.37. The average molecular weight is 252 g/mol. The van der Waals surface area contributed by atoms with Crippen molar-refractivity contribution in [2.45, 2.75) is 70.8 Å². The molecule has 0 aromatic carbocycles. The predicted molar refractivity (Wildman–Crippen MR) is 76.2 cm³/mol. The van der Waals surface area contributed by atoms with Gasteiger partial charge in [-0.15, -0.1) is 0 Å². The van der Waals surface area contributed by atoms with Gasteiger partial charge in [-0.2, -0.15) is 0 Å². The van der Waals surface area contributed by atoms with Gasteiger partial charge in [-0.3, -0.25) is 10.4 Å². The van der Waals surface area contributed by atoms with Crippen LogP contribution < -0.4 is 16.6 Å². The van der Waals surface area contributed by atoms with E-state index in [1.165, 1.54) is 57.8 Å². The zero-order valence-electron chi connectivity index (χ0n) is 11.7. The van der Waals surface area contributed by atoms with Crippen LogP contribution in [0.2, 0.25) is 0 Å². The fourth-order valence-electron chi connectivity index (χ4n) is 3.23. The molecule has 0 atom stereocenters. The molecule has 0 unspecified atom stereocenters. The van der Waals surface area contributed by atoms with Gasteiger partial charge in [0, 0.05) is 12.6 Å². The summed E-state index contributed by atoms with van der Waals surface area (Å²) in [5.41, 5.74) is 3.13.